The summed E-state index contributed by atoms with van der Waals surface area (Å²) >= 11 is 0. The van der Waals surface area contributed by atoms with E-state index in [1.807, 2.05) is 6.92 Å². The first-order valence-electron chi connectivity index (χ1n) is 12.1. The van der Waals surface area contributed by atoms with E-state index in [2.05, 4.69) is 31.0 Å². The van der Waals surface area contributed by atoms with Crippen molar-refractivity contribution in [2.75, 3.05) is 5.32 Å². The molecule has 0 radical (unpaired) electrons. The molecule has 0 saturated heterocycles. The van der Waals surface area contributed by atoms with Crippen LogP contribution in [0, 0.1) is 5.41 Å². The van der Waals surface area contributed by atoms with Crippen molar-refractivity contribution in [2.45, 2.75) is 65.3 Å². The van der Waals surface area contributed by atoms with Gasteiger partial charge in [-0.15, -0.1) is 10.2 Å². The van der Waals surface area contributed by atoms with Gasteiger partial charge in [0.2, 0.25) is 11.7 Å². The molecule has 2 aromatic heterocycles. The molecule has 2 amide bonds. The zero-order valence-corrected chi connectivity index (χ0v) is 21.8. The molecule has 14 heteroatoms. The highest BCUT2D eigenvalue weighted by Gasteiger charge is 2.37. The van der Waals surface area contributed by atoms with Gasteiger partial charge in [0, 0.05) is 17.0 Å². The van der Waals surface area contributed by atoms with Crippen LogP contribution in [0.15, 0.2) is 40.9 Å². The monoisotopic (exact) mass is 550 g/mol. The van der Waals surface area contributed by atoms with E-state index in [1.54, 1.807) is 20.8 Å². The van der Waals surface area contributed by atoms with E-state index in [4.69, 9.17) is 9.15 Å². The molecule has 210 valence electrons. The number of ether oxygens (including phenoxy) is 1. The lowest BCUT2D eigenvalue weighted by Gasteiger charge is -2.28. The highest BCUT2D eigenvalue weighted by molar-refractivity contribution is 6.42. The molecule has 0 aliphatic rings. The molecule has 11 nitrogen and oxygen atoms in total. The molecular formula is C25H29F3N6O5. The van der Waals surface area contributed by atoms with Crippen LogP contribution in [0.3, 0.4) is 0 Å². The number of benzene rings is 1. The van der Waals surface area contributed by atoms with Crippen molar-refractivity contribution in [3.05, 3.63) is 48.0 Å². The lowest BCUT2D eigenvalue weighted by molar-refractivity contribution is -0.137. The normalized spacial score (nSPS) is 13.4. The number of ketones is 1. The van der Waals surface area contributed by atoms with E-state index < -0.39 is 47.1 Å². The van der Waals surface area contributed by atoms with Crippen LogP contribution >= 0.6 is 0 Å². The Labute approximate surface area is 221 Å². The average Bonchev–Trinajstić information content (AvgIpc) is 3.56. The first-order chi connectivity index (χ1) is 18.3. The number of alkyl halides is 3. The number of H-pyrrole nitrogens is 1. The fourth-order valence-corrected chi connectivity index (χ4v) is 3.48. The van der Waals surface area contributed by atoms with E-state index >= 15 is 0 Å². The van der Waals surface area contributed by atoms with E-state index in [1.165, 1.54) is 24.4 Å². The van der Waals surface area contributed by atoms with Crippen LogP contribution < -0.4 is 10.6 Å². The maximum Gasteiger partial charge on any atom is 0.416 e. The van der Waals surface area contributed by atoms with Gasteiger partial charge < -0.3 is 19.8 Å². The molecule has 0 spiro atoms. The Hall–Kier alpha value is -4.23. The summed E-state index contributed by atoms with van der Waals surface area (Å²) in [5.41, 5.74) is -1.35. The van der Waals surface area contributed by atoms with E-state index in [0.717, 1.165) is 12.1 Å². The van der Waals surface area contributed by atoms with Gasteiger partial charge in [-0.25, -0.2) is 4.79 Å². The number of anilines is 1. The largest absolute Gasteiger partial charge is 0.436 e. The second-order valence-corrected chi connectivity index (χ2v) is 9.80. The van der Waals surface area contributed by atoms with Gasteiger partial charge in [0.05, 0.1) is 11.8 Å². The Morgan fingerprint density at radius 3 is 2.33 bits per heavy atom. The number of hydrogen-bond donors (Lipinski definition) is 3. The number of halogens is 3. The number of hydrogen-bond acceptors (Lipinski definition) is 8. The quantitative estimate of drug-likeness (QED) is 0.296. The SMILES string of the molecule is CCCC[C@H](NC(=O)O[C@@H](c1nnc(-c2ccc(C(F)(F)F)cc2)o1)C(C)(C)C)C(=O)C(=O)Nc1ccn[nH]1. The number of unbranched alkanes of at least 4 members (excludes halogenated alkanes) is 1. The maximum absolute atomic E-state index is 12.9. The standard InChI is InChI=1S/C25H29F3N6O5/c1-5-6-7-16(18(35)20(36)31-17-12-13-29-32-17)30-23(37)38-19(24(2,3)4)22-34-33-21(39-22)14-8-10-15(11-9-14)25(26,27)28/h8-13,16,19H,5-7H2,1-4H3,(H,30,37)(H2,29,31,32,36)/t16-,19-/m0/s1. The number of rotatable bonds is 10. The number of carbonyl (C=O) groups is 3. The molecule has 0 saturated carbocycles. The third kappa shape index (κ3) is 7.88. The summed E-state index contributed by atoms with van der Waals surface area (Å²) in [6.07, 6.45) is -3.72. The topological polar surface area (TPSA) is 152 Å². The maximum atomic E-state index is 12.9. The number of alkyl carbamates (subject to hydrolysis) is 1. The highest BCUT2D eigenvalue weighted by atomic mass is 19.4. The Morgan fingerprint density at radius 1 is 1.08 bits per heavy atom. The van der Waals surface area contributed by atoms with Gasteiger partial charge >= 0.3 is 12.3 Å². The van der Waals surface area contributed by atoms with Crippen molar-refractivity contribution in [1.82, 2.24) is 25.7 Å². The molecule has 2 atom stereocenters. The summed E-state index contributed by atoms with van der Waals surface area (Å²) < 4.78 is 49.8. The molecule has 3 aromatic rings. The number of nitrogens with one attached hydrogen (secondary N) is 3. The number of carbonyl (C=O) groups excluding carboxylic acids is 3. The molecule has 2 heterocycles. The fraction of sp³-hybridized carbons (Fsp3) is 0.440. The van der Waals surface area contributed by atoms with Crippen LogP contribution in [0.5, 0.6) is 0 Å². The number of amides is 2. The molecule has 0 aliphatic heterocycles. The van der Waals surface area contributed by atoms with Crippen molar-refractivity contribution in [3.63, 3.8) is 0 Å². The molecule has 39 heavy (non-hydrogen) atoms. The minimum Gasteiger partial charge on any atom is -0.436 e. The second-order valence-electron chi connectivity index (χ2n) is 9.80. The lowest BCUT2D eigenvalue weighted by atomic mass is 9.89. The van der Waals surface area contributed by atoms with Crippen LogP contribution in [-0.4, -0.2) is 44.2 Å². The van der Waals surface area contributed by atoms with Crippen molar-refractivity contribution in [2.24, 2.45) is 5.41 Å². The second kappa shape index (κ2) is 12.1. The highest BCUT2D eigenvalue weighted by Crippen LogP contribution is 2.37. The molecule has 3 rings (SSSR count). The zero-order chi connectivity index (χ0) is 28.8. The number of aromatic nitrogens is 4. The van der Waals surface area contributed by atoms with Gasteiger partial charge in [0.25, 0.3) is 11.8 Å². The molecular weight excluding hydrogens is 521 g/mol. The van der Waals surface area contributed by atoms with Crippen molar-refractivity contribution in [3.8, 4) is 11.5 Å². The molecule has 0 fully saturated rings. The third-order valence-corrected chi connectivity index (χ3v) is 5.56. The van der Waals surface area contributed by atoms with Crippen LogP contribution in [-0.2, 0) is 20.5 Å². The Bertz CT molecular complexity index is 1270. The fourth-order valence-electron chi connectivity index (χ4n) is 3.48. The summed E-state index contributed by atoms with van der Waals surface area (Å²) in [6.45, 7) is 7.11. The van der Waals surface area contributed by atoms with Gasteiger partial charge in [-0.1, -0.05) is 40.5 Å². The first kappa shape index (κ1) is 29.3. The van der Waals surface area contributed by atoms with Gasteiger partial charge in [0.15, 0.2) is 6.10 Å². The Balaban J connectivity index is 1.74. The minimum absolute atomic E-state index is 0.0662. The summed E-state index contributed by atoms with van der Waals surface area (Å²) in [5, 5.41) is 18.8. The molecule has 0 aliphatic carbocycles. The molecule has 1 aromatic carbocycles. The summed E-state index contributed by atoms with van der Waals surface area (Å²) in [6, 6.07) is 4.47. The van der Waals surface area contributed by atoms with Crippen LogP contribution in [0.25, 0.3) is 11.5 Å². The van der Waals surface area contributed by atoms with Gasteiger partial charge in [-0.2, -0.15) is 18.3 Å². The summed E-state index contributed by atoms with van der Waals surface area (Å²) in [5.74, 6) is -1.75. The lowest BCUT2D eigenvalue weighted by Crippen LogP contribution is -2.46. The van der Waals surface area contributed by atoms with Crippen molar-refractivity contribution < 1.29 is 36.7 Å². The third-order valence-electron chi connectivity index (χ3n) is 5.56. The van der Waals surface area contributed by atoms with E-state index in [-0.39, 0.29) is 29.6 Å². The zero-order valence-electron chi connectivity index (χ0n) is 21.8. The predicted molar refractivity (Wildman–Crippen MR) is 132 cm³/mol. The Morgan fingerprint density at radius 2 is 1.77 bits per heavy atom. The van der Waals surface area contributed by atoms with Gasteiger partial charge in [-0.3, -0.25) is 14.7 Å². The van der Waals surface area contributed by atoms with Crippen molar-refractivity contribution in [1.29, 1.82) is 0 Å². The van der Waals surface area contributed by atoms with E-state index in [9.17, 15) is 27.6 Å². The van der Waals surface area contributed by atoms with Crippen LogP contribution in [0.1, 0.15) is 64.5 Å². The number of nitrogens with zero attached hydrogens (tertiary/aromatic N) is 3. The summed E-state index contributed by atoms with van der Waals surface area (Å²) in [7, 11) is 0. The summed E-state index contributed by atoms with van der Waals surface area (Å²) in [4.78, 5) is 38.1. The van der Waals surface area contributed by atoms with Gasteiger partial charge in [-0.05, 0) is 30.7 Å². The minimum atomic E-state index is -4.49. The number of Topliss-reactive ketones (excluding diaryl/α,β-unsaturated/α-hetero) is 1. The van der Waals surface area contributed by atoms with Crippen LogP contribution in [0.2, 0.25) is 0 Å². The van der Waals surface area contributed by atoms with Crippen LogP contribution in [0.4, 0.5) is 23.8 Å². The first-order valence-corrected chi connectivity index (χ1v) is 12.1. The number of aromatic amines is 1. The average molecular weight is 551 g/mol. The van der Waals surface area contributed by atoms with Crippen molar-refractivity contribution >= 4 is 23.6 Å². The van der Waals surface area contributed by atoms with E-state index in [0.29, 0.717) is 12.8 Å². The Kier molecular flexibility index (Phi) is 9.09. The molecule has 0 unspecified atom stereocenters. The predicted octanol–water partition coefficient (Wildman–Crippen LogP) is 5.06. The van der Waals surface area contributed by atoms with Gasteiger partial charge in [0.1, 0.15) is 11.9 Å². The molecule has 3 N–H and O–H groups in total. The molecule has 0 bridgehead atoms. The smallest absolute Gasteiger partial charge is 0.416 e.